The first-order valence-electron chi connectivity index (χ1n) is 11.9. The number of piperidine rings is 1. The zero-order chi connectivity index (χ0) is 25.1. The van der Waals surface area contributed by atoms with Gasteiger partial charge in [0, 0.05) is 30.5 Å². The maximum absolute atomic E-state index is 13.4. The third kappa shape index (κ3) is 4.27. The molecule has 3 aromatic carbocycles. The Morgan fingerprint density at radius 1 is 0.972 bits per heavy atom. The molecular weight excluding hydrogens is 452 g/mol. The third-order valence-corrected chi connectivity index (χ3v) is 6.91. The minimum Gasteiger partial charge on any atom is -0.365 e. The average molecular weight is 479 g/mol. The van der Waals surface area contributed by atoms with Crippen LogP contribution in [0.25, 0.3) is 10.8 Å². The van der Waals surface area contributed by atoms with Gasteiger partial charge >= 0.3 is 0 Å². The number of carbonyl (C=O) groups is 2. The Hall–Kier alpha value is -4.64. The van der Waals surface area contributed by atoms with Crippen LogP contribution in [-0.2, 0) is 5.54 Å². The summed E-state index contributed by atoms with van der Waals surface area (Å²) in [5.41, 5.74) is 6.70. The molecule has 0 bridgehead atoms. The predicted molar refractivity (Wildman–Crippen MR) is 138 cm³/mol. The molecule has 180 valence electrons. The molecule has 3 N–H and O–H groups in total. The SMILES string of the molecule is N#CCC1(n2cc(C(N)=O)c(Nc3ccccc3)n2)CCN(C(=O)c2cccc3ccccc23)CC1. The lowest BCUT2D eigenvalue weighted by Crippen LogP contribution is -2.48. The van der Waals surface area contributed by atoms with E-state index in [0.717, 1.165) is 16.5 Å². The molecule has 1 aromatic heterocycles. The van der Waals surface area contributed by atoms with Gasteiger partial charge in [0.2, 0.25) is 0 Å². The van der Waals surface area contributed by atoms with Crippen LogP contribution in [-0.4, -0.2) is 39.6 Å². The van der Waals surface area contributed by atoms with Gasteiger partial charge in [0.25, 0.3) is 11.8 Å². The number of carbonyl (C=O) groups excluding carboxylic acids is 2. The molecule has 8 nitrogen and oxygen atoms in total. The number of para-hydroxylation sites is 1. The number of nitrogens with zero attached hydrogens (tertiary/aromatic N) is 4. The highest BCUT2D eigenvalue weighted by atomic mass is 16.2. The Bertz CT molecular complexity index is 1460. The fourth-order valence-electron chi connectivity index (χ4n) is 4.89. The van der Waals surface area contributed by atoms with E-state index in [2.05, 4.69) is 16.5 Å². The lowest BCUT2D eigenvalue weighted by Gasteiger charge is -2.40. The van der Waals surface area contributed by atoms with Gasteiger partial charge in [-0.05, 0) is 41.8 Å². The van der Waals surface area contributed by atoms with Crippen molar-refractivity contribution in [2.24, 2.45) is 5.73 Å². The molecule has 0 unspecified atom stereocenters. The van der Waals surface area contributed by atoms with Crippen molar-refractivity contribution in [3.05, 3.63) is 90.1 Å². The van der Waals surface area contributed by atoms with Crippen LogP contribution in [0.15, 0.2) is 79.0 Å². The van der Waals surface area contributed by atoms with Crippen LogP contribution in [0.4, 0.5) is 11.5 Å². The molecule has 2 amide bonds. The van der Waals surface area contributed by atoms with Gasteiger partial charge in [-0.1, -0.05) is 54.6 Å². The number of fused-ring (bicyclic) bond motifs is 1. The van der Waals surface area contributed by atoms with Crippen molar-refractivity contribution < 1.29 is 9.59 Å². The monoisotopic (exact) mass is 478 g/mol. The summed E-state index contributed by atoms with van der Waals surface area (Å²) in [5.74, 6) is -0.280. The topological polar surface area (TPSA) is 117 Å². The van der Waals surface area contributed by atoms with Crippen LogP contribution in [0.3, 0.4) is 0 Å². The molecule has 0 radical (unpaired) electrons. The van der Waals surface area contributed by atoms with E-state index < -0.39 is 11.4 Å². The van der Waals surface area contributed by atoms with Gasteiger partial charge in [-0.3, -0.25) is 14.3 Å². The van der Waals surface area contributed by atoms with Crippen molar-refractivity contribution in [1.29, 1.82) is 5.26 Å². The molecule has 1 fully saturated rings. The summed E-state index contributed by atoms with van der Waals surface area (Å²) in [5, 5.41) is 19.4. The van der Waals surface area contributed by atoms with Gasteiger partial charge in [-0.15, -0.1) is 0 Å². The quantitative estimate of drug-likeness (QED) is 0.425. The zero-order valence-corrected chi connectivity index (χ0v) is 19.7. The lowest BCUT2D eigenvalue weighted by atomic mass is 9.84. The largest absolute Gasteiger partial charge is 0.365 e. The number of hydrogen-bond acceptors (Lipinski definition) is 5. The van der Waals surface area contributed by atoms with Crippen molar-refractivity contribution in [2.45, 2.75) is 24.8 Å². The Morgan fingerprint density at radius 2 is 1.67 bits per heavy atom. The minimum atomic E-state index is -0.648. The second-order valence-corrected chi connectivity index (χ2v) is 9.07. The van der Waals surface area contributed by atoms with E-state index in [1.807, 2.05) is 77.7 Å². The first-order valence-corrected chi connectivity index (χ1v) is 11.9. The van der Waals surface area contributed by atoms with Crippen molar-refractivity contribution in [3.8, 4) is 6.07 Å². The van der Waals surface area contributed by atoms with Crippen LogP contribution in [0.1, 0.15) is 40.0 Å². The van der Waals surface area contributed by atoms with Gasteiger partial charge in [-0.2, -0.15) is 10.4 Å². The maximum atomic E-state index is 13.4. The number of benzene rings is 3. The molecule has 0 saturated carbocycles. The number of hydrogen-bond donors (Lipinski definition) is 2. The highest BCUT2D eigenvalue weighted by Gasteiger charge is 2.39. The smallest absolute Gasteiger partial charge is 0.254 e. The molecule has 1 aliphatic heterocycles. The number of nitrogens with two attached hydrogens (primary N) is 1. The van der Waals surface area contributed by atoms with Gasteiger partial charge in [-0.25, -0.2) is 0 Å². The molecule has 8 heteroatoms. The lowest BCUT2D eigenvalue weighted by molar-refractivity contribution is 0.0581. The molecule has 4 aromatic rings. The second-order valence-electron chi connectivity index (χ2n) is 9.07. The molecular formula is C28H26N6O2. The zero-order valence-electron chi connectivity index (χ0n) is 19.7. The Kier molecular flexibility index (Phi) is 6.13. The first-order chi connectivity index (χ1) is 17.5. The van der Waals surface area contributed by atoms with Crippen molar-refractivity contribution in [2.75, 3.05) is 18.4 Å². The summed E-state index contributed by atoms with van der Waals surface area (Å²) in [6, 6.07) is 25.3. The second kappa shape index (κ2) is 9.55. The number of anilines is 2. The van der Waals surface area contributed by atoms with Gasteiger partial charge < -0.3 is 16.0 Å². The van der Waals surface area contributed by atoms with E-state index in [1.165, 1.54) is 0 Å². The number of nitriles is 1. The van der Waals surface area contributed by atoms with E-state index in [4.69, 9.17) is 5.73 Å². The summed E-state index contributed by atoms with van der Waals surface area (Å²) in [7, 11) is 0. The van der Waals surface area contributed by atoms with Gasteiger partial charge in [0.05, 0.1) is 18.0 Å². The Balaban J connectivity index is 1.41. The molecule has 0 atom stereocenters. The van der Waals surface area contributed by atoms with Crippen LogP contribution in [0, 0.1) is 11.3 Å². The van der Waals surface area contributed by atoms with Crippen LogP contribution in [0.2, 0.25) is 0 Å². The van der Waals surface area contributed by atoms with E-state index in [1.54, 1.807) is 10.9 Å². The summed E-state index contributed by atoms with van der Waals surface area (Å²) < 4.78 is 1.70. The highest BCUT2D eigenvalue weighted by Crippen LogP contribution is 2.36. The molecule has 2 heterocycles. The third-order valence-electron chi connectivity index (χ3n) is 6.91. The Labute approximate surface area is 208 Å². The van der Waals surface area contributed by atoms with E-state index >= 15 is 0 Å². The highest BCUT2D eigenvalue weighted by molar-refractivity contribution is 6.07. The predicted octanol–water partition coefficient (Wildman–Crippen LogP) is 4.42. The van der Waals surface area contributed by atoms with Crippen molar-refractivity contribution >= 4 is 34.1 Å². The summed E-state index contributed by atoms with van der Waals surface area (Å²) in [6.45, 7) is 0.938. The first kappa shape index (κ1) is 23.1. The number of amides is 2. The number of rotatable bonds is 6. The average Bonchev–Trinajstić information content (AvgIpc) is 3.34. The molecule has 1 saturated heterocycles. The molecule has 5 rings (SSSR count). The van der Waals surface area contributed by atoms with Crippen molar-refractivity contribution in [1.82, 2.24) is 14.7 Å². The summed E-state index contributed by atoms with van der Waals surface area (Å²) in [4.78, 5) is 27.5. The standard InChI is InChI=1S/C28H26N6O2/c29-16-13-28(34-19-24(25(30)35)26(32-34)31-21-9-2-1-3-10-21)14-17-33(18-15-28)27(36)23-12-6-8-20-7-4-5-11-22(20)23/h1-12,19H,13-15,17-18H2,(H2,30,35)(H,31,32). The van der Waals surface area contributed by atoms with E-state index in [0.29, 0.717) is 37.3 Å². The molecule has 36 heavy (non-hydrogen) atoms. The fourth-order valence-corrected chi connectivity index (χ4v) is 4.89. The molecule has 1 aliphatic rings. The van der Waals surface area contributed by atoms with E-state index in [9.17, 15) is 14.9 Å². The summed E-state index contributed by atoms with van der Waals surface area (Å²) >= 11 is 0. The van der Waals surface area contributed by atoms with Crippen molar-refractivity contribution in [3.63, 3.8) is 0 Å². The number of likely N-dealkylation sites (tertiary alicyclic amines) is 1. The maximum Gasteiger partial charge on any atom is 0.254 e. The van der Waals surface area contributed by atoms with Gasteiger partial charge in [0.15, 0.2) is 5.82 Å². The normalized spacial score (nSPS) is 14.8. The van der Waals surface area contributed by atoms with Crippen LogP contribution >= 0.6 is 0 Å². The van der Waals surface area contributed by atoms with Crippen LogP contribution in [0.5, 0.6) is 0 Å². The van der Waals surface area contributed by atoms with Crippen LogP contribution < -0.4 is 11.1 Å². The fraction of sp³-hybridized carbons (Fsp3) is 0.214. The molecule has 0 aliphatic carbocycles. The minimum absolute atomic E-state index is 0.0259. The number of primary amides is 1. The number of aromatic nitrogens is 2. The number of nitrogens with one attached hydrogen (secondary N) is 1. The van der Waals surface area contributed by atoms with Gasteiger partial charge in [0.1, 0.15) is 5.56 Å². The summed E-state index contributed by atoms with van der Waals surface area (Å²) in [6.07, 6.45) is 2.88. The Morgan fingerprint density at radius 3 is 2.39 bits per heavy atom. The van der Waals surface area contributed by atoms with E-state index in [-0.39, 0.29) is 17.9 Å². The molecule has 0 spiro atoms.